The molecule has 1 saturated heterocycles. The molecule has 5 nitrogen and oxygen atoms in total. The second kappa shape index (κ2) is 3.84. The van der Waals surface area contributed by atoms with Gasteiger partial charge in [-0.3, -0.25) is 19.8 Å². The highest BCUT2D eigenvalue weighted by atomic mass is 16.2. The van der Waals surface area contributed by atoms with Gasteiger partial charge in [0.2, 0.25) is 11.8 Å². The Hall–Kier alpha value is -1.65. The van der Waals surface area contributed by atoms with Crippen molar-refractivity contribution in [1.29, 1.82) is 0 Å². The lowest BCUT2D eigenvalue weighted by atomic mass is 9.97. The minimum atomic E-state index is -0.650. The third-order valence-electron chi connectivity index (χ3n) is 2.26. The third-order valence-corrected chi connectivity index (χ3v) is 2.26. The zero-order valence-electron chi connectivity index (χ0n) is 8.87. The number of imide groups is 2. The van der Waals surface area contributed by atoms with Crippen LogP contribution >= 0.6 is 0 Å². The standard InChI is InChI=1S/C10H14N2O3/c1-4-5-10(2,3)12-8(14)6-7(13)11-9(12)15/h4H,1,5-6H2,2-3H3,(H,11,13,15). The average Bonchev–Trinajstić information content (AvgIpc) is 1.99. The van der Waals surface area contributed by atoms with Gasteiger partial charge in [-0.1, -0.05) is 6.08 Å². The molecule has 0 radical (unpaired) electrons. The number of hydrogen-bond donors (Lipinski definition) is 1. The lowest BCUT2D eigenvalue weighted by molar-refractivity contribution is -0.139. The SMILES string of the molecule is C=CCC(C)(C)N1C(=O)CC(=O)NC1=O. The Morgan fingerprint density at radius 3 is 2.53 bits per heavy atom. The molecule has 0 bridgehead atoms. The Labute approximate surface area is 88.1 Å². The summed E-state index contributed by atoms with van der Waals surface area (Å²) in [6.07, 6.45) is 1.85. The number of nitrogens with zero attached hydrogens (tertiary/aromatic N) is 1. The maximum atomic E-state index is 11.5. The van der Waals surface area contributed by atoms with E-state index < -0.39 is 23.4 Å². The van der Waals surface area contributed by atoms with Gasteiger partial charge in [0.25, 0.3) is 0 Å². The van der Waals surface area contributed by atoms with E-state index in [1.165, 1.54) is 0 Å². The van der Waals surface area contributed by atoms with Crippen LogP contribution < -0.4 is 5.32 Å². The molecule has 0 unspecified atom stereocenters. The van der Waals surface area contributed by atoms with Gasteiger partial charge in [-0.2, -0.15) is 0 Å². The van der Waals surface area contributed by atoms with Crippen LogP contribution in [-0.2, 0) is 9.59 Å². The largest absolute Gasteiger partial charge is 0.331 e. The molecule has 82 valence electrons. The molecule has 0 aromatic rings. The second-order valence-corrected chi connectivity index (χ2v) is 4.06. The number of rotatable bonds is 3. The molecule has 1 heterocycles. The van der Waals surface area contributed by atoms with Crippen LogP contribution in [0.5, 0.6) is 0 Å². The van der Waals surface area contributed by atoms with Crippen LogP contribution in [0.15, 0.2) is 12.7 Å². The molecule has 1 rings (SSSR count). The zero-order valence-corrected chi connectivity index (χ0v) is 8.87. The molecule has 0 aromatic carbocycles. The summed E-state index contributed by atoms with van der Waals surface area (Å²) in [4.78, 5) is 35.0. The summed E-state index contributed by atoms with van der Waals surface area (Å²) in [6.45, 7) is 7.07. The van der Waals surface area contributed by atoms with E-state index in [1.807, 2.05) is 0 Å². The van der Waals surface area contributed by atoms with Crippen LogP contribution in [0.3, 0.4) is 0 Å². The summed E-state index contributed by atoms with van der Waals surface area (Å²) < 4.78 is 0. The molecule has 0 spiro atoms. The molecule has 15 heavy (non-hydrogen) atoms. The summed E-state index contributed by atoms with van der Waals surface area (Å²) in [7, 11) is 0. The van der Waals surface area contributed by atoms with Crippen LogP contribution in [-0.4, -0.2) is 28.3 Å². The zero-order chi connectivity index (χ0) is 11.6. The Kier molecular flexibility index (Phi) is 2.93. The Balaban J connectivity index is 2.93. The summed E-state index contributed by atoms with van der Waals surface area (Å²) in [5.74, 6) is -1.01. The molecule has 1 aliphatic heterocycles. The van der Waals surface area contributed by atoms with Crippen molar-refractivity contribution in [1.82, 2.24) is 10.2 Å². The number of carbonyl (C=O) groups is 3. The van der Waals surface area contributed by atoms with Gasteiger partial charge in [-0.15, -0.1) is 6.58 Å². The van der Waals surface area contributed by atoms with E-state index >= 15 is 0 Å². The molecular formula is C10H14N2O3. The summed E-state index contributed by atoms with van der Waals surface area (Å²) >= 11 is 0. The summed E-state index contributed by atoms with van der Waals surface area (Å²) in [6, 6.07) is -0.650. The quantitative estimate of drug-likeness (QED) is 0.553. The van der Waals surface area contributed by atoms with E-state index in [0.717, 1.165) is 4.90 Å². The number of urea groups is 1. The van der Waals surface area contributed by atoms with Crippen molar-refractivity contribution in [2.24, 2.45) is 0 Å². The molecule has 5 heteroatoms. The molecule has 0 aliphatic carbocycles. The van der Waals surface area contributed by atoms with Gasteiger partial charge in [-0.05, 0) is 20.3 Å². The molecule has 1 aliphatic rings. The van der Waals surface area contributed by atoms with Gasteiger partial charge in [-0.25, -0.2) is 4.79 Å². The van der Waals surface area contributed by atoms with Gasteiger partial charge in [0.1, 0.15) is 6.42 Å². The Bertz CT molecular complexity index is 314. The van der Waals surface area contributed by atoms with Crippen molar-refractivity contribution >= 4 is 17.8 Å². The molecule has 4 amide bonds. The maximum absolute atomic E-state index is 11.5. The summed E-state index contributed by atoms with van der Waals surface area (Å²) in [5, 5.41) is 2.12. The number of nitrogens with one attached hydrogen (secondary N) is 1. The highest BCUT2D eigenvalue weighted by Gasteiger charge is 2.39. The van der Waals surface area contributed by atoms with Gasteiger partial charge in [0.15, 0.2) is 0 Å². The maximum Gasteiger partial charge on any atom is 0.331 e. The number of amides is 4. The van der Waals surface area contributed by atoms with Gasteiger partial charge in [0, 0.05) is 0 Å². The van der Waals surface area contributed by atoms with Crippen molar-refractivity contribution in [2.75, 3.05) is 0 Å². The van der Waals surface area contributed by atoms with Crippen molar-refractivity contribution in [2.45, 2.75) is 32.2 Å². The number of hydrogen-bond acceptors (Lipinski definition) is 3. The monoisotopic (exact) mass is 210 g/mol. The van der Waals surface area contributed by atoms with Crippen LogP contribution in [0.2, 0.25) is 0 Å². The van der Waals surface area contributed by atoms with E-state index in [0.29, 0.717) is 6.42 Å². The van der Waals surface area contributed by atoms with E-state index in [-0.39, 0.29) is 6.42 Å². The molecule has 0 atom stereocenters. The average molecular weight is 210 g/mol. The van der Waals surface area contributed by atoms with E-state index in [2.05, 4.69) is 11.9 Å². The molecule has 0 saturated carbocycles. The van der Waals surface area contributed by atoms with Crippen LogP contribution in [0.25, 0.3) is 0 Å². The van der Waals surface area contributed by atoms with Gasteiger partial charge in [0.05, 0.1) is 5.54 Å². The fourth-order valence-corrected chi connectivity index (χ4v) is 1.61. The minimum Gasteiger partial charge on any atom is -0.277 e. The van der Waals surface area contributed by atoms with Crippen LogP contribution in [0, 0.1) is 0 Å². The second-order valence-electron chi connectivity index (χ2n) is 4.06. The first-order valence-corrected chi connectivity index (χ1v) is 4.66. The van der Waals surface area contributed by atoms with Gasteiger partial charge < -0.3 is 0 Å². The van der Waals surface area contributed by atoms with Crippen molar-refractivity contribution < 1.29 is 14.4 Å². The highest BCUT2D eigenvalue weighted by Crippen LogP contribution is 2.22. The van der Waals surface area contributed by atoms with Crippen LogP contribution in [0.4, 0.5) is 4.79 Å². The lowest BCUT2D eigenvalue weighted by Gasteiger charge is -2.38. The first-order chi connectivity index (χ1) is 6.88. The topological polar surface area (TPSA) is 66.5 Å². The fourth-order valence-electron chi connectivity index (χ4n) is 1.61. The fraction of sp³-hybridized carbons (Fsp3) is 0.500. The van der Waals surface area contributed by atoms with E-state index in [1.54, 1.807) is 19.9 Å². The van der Waals surface area contributed by atoms with E-state index in [9.17, 15) is 14.4 Å². The normalized spacial score (nSPS) is 17.7. The minimum absolute atomic E-state index is 0.272. The van der Waals surface area contributed by atoms with Crippen molar-refractivity contribution in [3.63, 3.8) is 0 Å². The lowest BCUT2D eigenvalue weighted by Crippen LogP contribution is -2.60. The first-order valence-electron chi connectivity index (χ1n) is 4.66. The van der Waals surface area contributed by atoms with E-state index in [4.69, 9.17) is 0 Å². The third kappa shape index (κ3) is 2.23. The predicted octanol–water partition coefficient (Wildman–Crippen LogP) is 0.810. The molecule has 0 aromatic heterocycles. The predicted molar refractivity (Wildman–Crippen MR) is 53.9 cm³/mol. The van der Waals surface area contributed by atoms with Crippen molar-refractivity contribution in [3.05, 3.63) is 12.7 Å². The Morgan fingerprint density at radius 1 is 1.47 bits per heavy atom. The van der Waals surface area contributed by atoms with Crippen LogP contribution in [0.1, 0.15) is 26.7 Å². The summed E-state index contributed by atoms with van der Waals surface area (Å²) in [5.41, 5.74) is -0.649. The number of barbiturate groups is 1. The molecule has 1 fully saturated rings. The molecular weight excluding hydrogens is 196 g/mol. The Morgan fingerprint density at radius 2 is 2.07 bits per heavy atom. The smallest absolute Gasteiger partial charge is 0.277 e. The number of carbonyl (C=O) groups excluding carboxylic acids is 3. The highest BCUT2D eigenvalue weighted by molar-refractivity contribution is 6.14. The van der Waals surface area contributed by atoms with Crippen molar-refractivity contribution in [3.8, 4) is 0 Å². The molecule has 1 N–H and O–H groups in total. The van der Waals surface area contributed by atoms with Gasteiger partial charge >= 0.3 is 6.03 Å². The first kappa shape index (κ1) is 11.4.